The van der Waals surface area contributed by atoms with Gasteiger partial charge in [0.1, 0.15) is 22.3 Å². The Morgan fingerprint density at radius 3 is 1.17 bits per heavy atom. The number of carbonyl (C=O) groups is 3. The molecular formula is C100H104Ir3N3O8S-3. The van der Waals surface area contributed by atoms with Gasteiger partial charge < -0.3 is 24.2 Å². The van der Waals surface area contributed by atoms with Crippen molar-refractivity contribution in [2.75, 3.05) is 0 Å². The number of aliphatic hydroxyl groups is 3. The summed E-state index contributed by atoms with van der Waals surface area (Å²) in [5.41, 5.74) is 21.6. The van der Waals surface area contributed by atoms with Crippen LogP contribution in [0.25, 0.3) is 131 Å². The Balaban J connectivity index is 0.000000204. The van der Waals surface area contributed by atoms with E-state index in [1.165, 1.54) is 110 Å². The van der Waals surface area contributed by atoms with Crippen molar-refractivity contribution in [1.29, 1.82) is 0 Å². The minimum atomic E-state index is -0.125. The molecule has 0 spiro atoms. The van der Waals surface area contributed by atoms with E-state index in [1.807, 2.05) is 81.5 Å². The van der Waals surface area contributed by atoms with E-state index in [0.29, 0.717) is 42.4 Å². The molecule has 6 heterocycles. The van der Waals surface area contributed by atoms with Crippen LogP contribution >= 0.6 is 11.3 Å². The number of ketones is 3. The zero-order chi connectivity index (χ0) is 80.8. The molecule has 0 aliphatic carbocycles. The Labute approximate surface area is 722 Å². The van der Waals surface area contributed by atoms with Crippen LogP contribution in [-0.4, -0.2) is 47.6 Å². The number of rotatable bonds is 16. The topological polar surface area (TPSA) is 177 Å². The van der Waals surface area contributed by atoms with E-state index in [2.05, 4.69) is 221 Å². The van der Waals surface area contributed by atoms with Crippen LogP contribution in [0.5, 0.6) is 0 Å². The number of allylic oxidation sites excluding steroid dienone is 6. The summed E-state index contributed by atoms with van der Waals surface area (Å²) >= 11 is 1.86. The van der Waals surface area contributed by atoms with Gasteiger partial charge in [0.2, 0.25) is 0 Å². The van der Waals surface area contributed by atoms with E-state index in [4.69, 9.17) is 34.0 Å². The van der Waals surface area contributed by atoms with Crippen molar-refractivity contribution >= 4 is 125 Å². The van der Waals surface area contributed by atoms with E-state index in [1.54, 1.807) is 0 Å². The molecule has 0 unspecified atom stereocenters. The van der Waals surface area contributed by atoms with Gasteiger partial charge in [-0.1, -0.05) is 170 Å². The number of furan rings is 2. The van der Waals surface area contributed by atoms with Crippen LogP contribution in [0.4, 0.5) is 0 Å². The zero-order valence-electron chi connectivity index (χ0n) is 69.0. The molecule has 9 aromatic carbocycles. The molecular weight excluding hydrogens is 1980 g/mol. The monoisotopic (exact) mass is 2090 g/mol. The van der Waals surface area contributed by atoms with Crippen LogP contribution in [0.1, 0.15) is 149 Å². The van der Waals surface area contributed by atoms with Crippen LogP contribution < -0.4 is 0 Å². The third-order valence-corrected chi connectivity index (χ3v) is 19.4. The molecule has 0 saturated carbocycles. The van der Waals surface area contributed by atoms with Crippen LogP contribution in [0, 0.1) is 75.5 Å². The summed E-state index contributed by atoms with van der Waals surface area (Å²) in [6.45, 7) is 35.8. The number of aromatic nitrogens is 3. The molecule has 11 nitrogen and oxygen atoms in total. The summed E-state index contributed by atoms with van der Waals surface area (Å²) < 4.78 is 14.8. The number of aliphatic hydroxyl groups excluding tert-OH is 3. The van der Waals surface area contributed by atoms with Crippen molar-refractivity contribution in [3.05, 3.63) is 269 Å². The zero-order valence-corrected chi connectivity index (χ0v) is 77.0. The van der Waals surface area contributed by atoms with Crippen LogP contribution in [0.2, 0.25) is 0 Å². The number of pyridine rings is 3. The van der Waals surface area contributed by atoms with Gasteiger partial charge >= 0.3 is 0 Å². The molecule has 0 bridgehead atoms. The second-order valence-electron chi connectivity index (χ2n) is 31.6. The Morgan fingerprint density at radius 2 is 0.783 bits per heavy atom. The molecule has 3 radical (unpaired) electrons. The van der Waals surface area contributed by atoms with Gasteiger partial charge in [-0.15, -0.1) is 117 Å². The first-order chi connectivity index (χ1) is 53.3. The predicted octanol–water partition coefficient (Wildman–Crippen LogP) is 27.3. The van der Waals surface area contributed by atoms with E-state index >= 15 is 0 Å². The van der Waals surface area contributed by atoms with E-state index in [0.717, 1.165) is 125 Å². The predicted molar refractivity (Wildman–Crippen MR) is 469 cm³/mol. The molecule has 0 amide bonds. The second kappa shape index (κ2) is 42.5. The average molecular weight is 2080 g/mol. The maximum atomic E-state index is 11.2. The standard InChI is InChI=1S/C27H24NO.C27H24NS.C25H20NO.C11H20O2.2C5H8O2.3Ir/c2*1-16(2)9-19-13-24(20-11-17(3)10-18(4)12-20)28-25-15-27-23(14-22(19)25)21-7-5-6-8-26(21)29-27;1-16(2)12-18-13-22(17-8-4-3-5-9-17)26-23-15-25-21(14-20(18)23)19-10-6-7-11-24(19)27-25;1-8(2)5-10(12)7-11(13)6-9(3)4;2*1-4(6)3-5(2)7;;;/h2*5-8,10-11,13-16H,9H2,1-4H3;3-8,10-11,13-16H,12H2,1-2H3;7-9,12H,5-6H2,1-4H3;2*3,6H,1-2H3;;;/q3*-1;;;;;;. The summed E-state index contributed by atoms with van der Waals surface area (Å²) in [5, 5.41) is 37.1. The molecule has 0 aliphatic rings. The molecule has 15 aromatic rings. The number of hydrogen-bond donors (Lipinski definition) is 3. The van der Waals surface area contributed by atoms with Crippen molar-refractivity contribution in [2.45, 2.75) is 157 Å². The largest absolute Gasteiger partial charge is 0.512 e. The maximum Gasteiger partial charge on any atom is 0.159 e. The Bertz CT molecular complexity index is 5730. The number of benzene rings is 9. The van der Waals surface area contributed by atoms with Crippen molar-refractivity contribution < 1.29 is 98.9 Å². The first-order valence-corrected chi connectivity index (χ1v) is 39.5. The molecule has 15 heteroatoms. The third-order valence-electron chi connectivity index (χ3n) is 18.3. The number of aryl methyl sites for hydroxylation is 4. The van der Waals surface area contributed by atoms with Gasteiger partial charge in [-0.05, 0) is 153 Å². The van der Waals surface area contributed by atoms with Gasteiger partial charge in [0.05, 0.1) is 33.8 Å². The number of para-hydroxylation sites is 2. The minimum Gasteiger partial charge on any atom is -0.512 e. The first-order valence-electron chi connectivity index (χ1n) is 38.7. The molecule has 0 atom stereocenters. The quantitative estimate of drug-likeness (QED) is 0.0477. The Hall–Kier alpha value is -9.39. The second-order valence-corrected chi connectivity index (χ2v) is 32.6. The van der Waals surface area contributed by atoms with Crippen molar-refractivity contribution in [1.82, 2.24) is 15.0 Å². The fraction of sp³-hybridized carbons (Fsp3) is 0.280. The Kier molecular flexibility index (Phi) is 34.3. The van der Waals surface area contributed by atoms with Crippen LogP contribution in [0.3, 0.4) is 0 Å². The average Bonchev–Trinajstić information content (AvgIpc) is 1.66. The van der Waals surface area contributed by atoms with Crippen LogP contribution in [-0.2, 0) is 94.0 Å². The van der Waals surface area contributed by atoms with E-state index < -0.39 is 0 Å². The Morgan fingerprint density at radius 1 is 0.391 bits per heavy atom. The van der Waals surface area contributed by atoms with Gasteiger partial charge in [0.15, 0.2) is 17.3 Å². The van der Waals surface area contributed by atoms with Gasteiger partial charge in [-0.25, -0.2) is 0 Å². The first kappa shape index (κ1) is 92.8. The van der Waals surface area contributed by atoms with Crippen molar-refractivity contribution in [3.8, 4) is 33.8 Å². The number of fused-ring (bicyclic) bond motifs is 12. The molecule has 603 valence electrons. The minimum absolute atomic E-state index is 0. The molecule has 0 fully saturated rings. The van der Waals surface area contributed by atoms with E-state index in [9.17, 15) is 19.5 Å². The number of nitrogens with zero attached hydrogens (tertiary/aromatic N) is 3. The van der Waals surface area contributed by atoms with Crippen molar-refractivity contribution in [2.24, 2.45) is 29.6 Å². The van der Waals surface area contributed by atoms with Crippen LogP contribution in [0.15, 0.2) is 220 Å². The van der Waals surface area contributed by atoms with E-state index in [-0.39, 0.29) is 94.9 Å². The molecule has 3 N–H and O–H groups in total. The SMILES string of the molecule is CC(=O)C=C(C)O.CC(=O)C=C(C)O.CC(C)CC(=O)C=C(O)CC(C)C.CC(C)Cc1cc(-c2[c-]cccc2)nc2cc3oc4ccccc4c3cc12.Cc1[c-]c(-c2cc(CC(C)C)c3cc4c(cc3n2)oc2ccccc24)cc(C)c1.Cc1[c-]c(-c2cc(CC(C)C)c3cc4c(cc3n2)sc2ccccc24)cc(C)c1.[Ir].[Ir].[Ir]. The molecule has 6 aromatic heterocycles. The summed E-state index contributed by atoms with van der Waals surface area (Å²) in [6.07, 6.45) is 7.87. The van der Waals surface area contributed by atoms with Gasteiger partial charge in [-0.2, -0.15) is 0 Å². The number of thiophene rings is 1. The smallest absolute Gasteiger partial charge is 0.159 e. The molecule has 0 aliphatic heterocycles. The summed E-state index contributed by atoms with van der Waals surface area (Å²) in [6, 6.07) is 72.2. The fourth-order valence-electron chi connectivity index (χ4n) is 14.1. The van der Waals surface area contributed by atoms with Gasteiger partial charge in [-0.3, -0.25) is 29.3 Å². The third kappa shape index (κ3) is 25.6. The molecule has 115 heavy (non-hydrogen) atoms. The fourth-order valence-corrected chi connectivity index (χ4v) is 15.2. The van der Waals surface area contributed by atoms with Crippen molar-refractivity contribution in [3.63, 3.8) is 0 Å². The maximum absolute atomic E-state index is 11.2. The number of hydrogen-bond acceptors (Lipinski definition) is 12. The summed E-state index contributed by atoms with van der Waals surface area (Å²) in [5.74, 6) is 2.58. The summed E-state index contributed by atoms with van der Waals surface area (Å²) in [4.78, 5) is 46.3. The van der Waals surface area contributed by atoms with Gasteiger partial charge in [0, 0.05) is 161 Å². The van der Waals surface area contributed by atoms with Gasteiger partial charge in [0.25, 0.3) is 0 Å². The summed E-state index contributed by atoms with van der Waals surface area (Å²) in [7, 11) is 0. The normalized spacial score (nSPS) is 11.6. The molecule has 15 rings (SSSR count). The molecule has 0 saturated heterocycles. The number of carbonyl (C=O) groups excluding carboxylic acids is 3.